The summed E-state index contributed by atoms with van der Waals surface area (Å²) in [5, 5.41) is 5.28. The average Bonchev–Trinajstić information content (AvgIpc) is 2.60. The molecule has 0 fully saturated rings. The van der Waals surface area contributed by atoms with Gasteiger partial charge in [0, 0.05) is 23.7 Å². The van der Waals surface area contributed by atoms with Crippen LogP contribution in [0.1, 0.15) is 26.5 Å². The number of hydrogen-bond acceptors (Lipinski definition) is 1. The summed E-state index contributed by atoms with van der Waals surface area (Å²) in [5.41, 5.74) is 3.21. The van der Waals surface area contributed by atoms with Crippen molar-refractivity contribution >= 4 is 11.6 Å². The van der Waals surface area contributed by atoms with Crippen molar-refractivity contribution in [3.63, 3.8) is 0 Å². The third-order valence-corrected chi connectivity index (χ3v) is 3.13. The minimum Gasteiger partial charge on any atom is -0.272 e. The van der Waals surface area contributed by atoms with Crippen molar-refractivity contribution in [3.8, 4) is 11.3 Å². The second kappa shape index (κ2) is 4.19. The zero-order valence-corrected chi connectivity index (χ0v) is 11.4. The summed E-state index contributed by atoms with van der Waals surface area (Å²) in [5.74, 6) is 0. The van der Waals surface area contributed by atoms with Gasteiger partial charge in [-0.2, -0.15) is 5.10 Å². The first kappa shape index (κ1) is 12.2. The lowest BCUT2D eigenvalue weighted by Crippen LogP contribution is -2.16. The Balaban J connectivity index is 2.53. The second-order valence-electron chi connectivity index (χ2n) is 5.27. The Morgan fingerprint density at radius 1 is 1.18 bits per heavy atom. The molecule has 0 bridgehead atoms. The van der Waals surface area contributed by atoms with Crippen LogP contribution in [-0.2, 0) is 12.5 Å². The zero-order chi connectivity index (χ0) is 12.6. The molecule has 0 radical (unpaired) electrons. The predicted molar refractivity (Wildman–Crippen MR) is 72.4 cm³/mol. The van der Waals surface area contributed by atoms with Gasteiger partial charge in [0.25, 0.3) is 0 Å². The highest BCUT2D eigenvalue weighted by atomic mass is 35.5. The molecular formula is C14H17ClN2. The Morgan fingerprint density at radius 3 is 2.35 bits per heavy atom. The molecule has 17 heavy (non-hydrogen) atoms. The van der Waals surface area contributed by atoms with Gasteiger partial charge < -0.3 is 0 Å². The quantitative estimate of drug-likeness (QED) is 0.745. The van der Waals surface area contributed by atoms with E-state index >= 15 is 0 Å². The van der Waals surface area contributed by atoms with Gasteiger partial charge in [-0.05, 0) is 12.1 Å². The molecule has 1 aromatic heterocycles. The molecule has 0 aliphatic heterocycles. The van der Waals surface area contributed by atoms with Crippen LogP contribution in [0.4, 0.5) is 0 Å². The lowest BCUT2D eigenvalue weighted by Gasteiger charge is -2.17. The average molecular weight is 249 g/mol. The van der Waals surface area contributed by atoms with E-state index < -0.39 is 0 Å². The highest BCUT2D eigenvalue weighted by Crippen LogP contribution is 2.30. The summed E-state index contributed by atoms with van der Waals surface area (Å²) in [4.78, 5) is 0. The smallest absolute Gasteiger partial charge is 0.0941 e. The summed E-state index contributed by atoms with van der Waals surface area (Å²) in [6.07, 6.45) is 0. The number of aromatic nitrogens is 2. The van der Waals surface area contributed by atoms with E-state index in [0.29, 0.717) is 0 Å². The van der Waals surface area contributed by atoms with E-state index in [2.05, 4.69) is 31.9 Å². The van der Waals surface area contributed by atoms with E-state index in [1.54, 1.807) is 0 Å². The van der Waals surface area contributed by atoms with Crippen molar-refractivity contribution in [2.75, 3.05) is 0 Å². The molecule has 0 aliphatic rings. The molecule has 0 spiro atoms. The summed E-state index contributed by atoms with van der Waals surface area (Å²) < 4.78 is 1.93. The summed E-state index contributed by atoms with van der Waals surface area (Å²) >= 11 is 6.19. The van der Waals surface area contributed by atoms with Crippen molar-refractivity contribution in [2.45, 2.75) is 26.2 Å². The predicted octanol–water partition coefficient (Wildman–Crippen LogP) is 4.04. The summed E-state index contributed by atoms with van der Waals surface area (Å²) in [6.45, 7) is 6.54. The Kier molecular flexibility index (Phi) is 3.00. The van der Waals surface area contributed by atoms with Crippen molar-refractivity contribution < 1.29 is 0 Å². The van der Waals surface area contributed by atoms with Crippen molar-refractivity contribution in [3.05, 3.63) is 41.0 Å². The number of halogens is 1. The minimum atomic E-state index is 0.0846. The number of aryl methyl sites for hydroxylation is 1. The Hall–Kier alpha value is -1.28. The van der Waals surface area contributed by atoms with Crippen molar-refractivity contribution in [2.24, 2.45) is 7.05 Å². The lowest BCUT2D eigenvalue weighted by atomic mass is 9.91. The third kappa shape index (κ3) is 2.37. The fraction of sp³-hybridized carbons (Fsp3) is 0.357. The maximum absolute atomic E-state index is 6.19. The van der Waals surface area contributed by atoms with Gasteiger partial charge in [0.15, 0.2) is 0 Å². The van der Waals surface area contributed by atoms with Gasteiger partial charge in [-0.3, -0.25) is 4.68 Å². The fourth-order valence-corrected chi connectivity index (χ4v) is 2.20. The van der Waals surface area contributed by atoms with Crippen LogP contribution in [0, 0.1) is 0 Å². The molecule has 0 unspecified atom stereocenters. The van der Waals surface area contributed by atoms with Crippen molar-refractivity contribution in [1.82, 2.24) is 9.78 Å². The van der Waals surface area contributed by atoms with Gasteiger partial charge in [0.1, 0.15) is 0 Å². The Labute approximate surface area is 107 Å². The first-order valence-electron chi connectivity index (χ1n) is 5.69. The van der Waals surface area contributed by atoms with Crippen LogP contribution in [0.5, 0.6) is 0 Å². The highest BCUT2D eigenvalue weighted by Gasteiger charge is 2.20. The van der Waals surface area contributed by atoms with Gasteiger partial charge in [0.2, 0.25) is 0 Å². The molecule has 3 heteroatoms. The molecule has 1 aromatic carbocycles. The van der Waals surface area contributed by atoms with Crippen LogP contribution >= 0.6 is 11.6 Å². The van der Waals surface area contributed by atoms with Gasteiger partial charge in [0.05, 0.1) is 10.7 Å². The molecule has 0 saturated heterocycles. The summed E-state index contributed by atoms with van der Waals surface area (Å²) in [6, 6.07) is 9.91. The van der Waals surface area contributed by atoms with Gasteiger partial charge in [-0.1, -0.05) is 50.6 Å². The number of rotatable bonds is 1. The Bertz CT molecular complexity index is 535. The molecule has 0 aliphatic carbocycles. The molecule has 0 amide bonds. The largest absolute Gasteiger partial charge is 0.272 e. The molecule has 2 rings (SSSR count). The van der Waals surface area contributed by atoms with Crippen LogP contribution in [0.15, 0.2) is 30.3 Å². The zero-order valence-electron chi connectivity index (χ0n) is 10.7. The van der Waals surface area contributed by atoms with Crippen LogP contribution in [0.25, 0.3) is 11.3 Å². The van der Waals surface area contributed by atoms with Gasteiger partial charge in [-0.25, -0.2) is 0 Å². The van der Waals surface area contributed by atoms with Gasteiger partial charge >= 0.3 is 0 Å². The first-order chi connectivity index (χ1) is 7.89. The molecule has 0 saturated carbocycles. The standard InChI is InChI=1S/C14H17ClN2/c1-14(2,3)13-9-12(16-17(13)4)10-7-5-6-8-11(10)15/h5-9H,1-4H3. The highest BCUT2D eigenvalue weighted by molar-refractivity contribution is 6.33. The molecule has 1 heterocycles. The molecule has 0 N–H and O–H groups in total. The fourth-order valence-electron chi connectivity index (χ4n) is 1.97. The van der Waals surface area contributed by atoms with Crippen LogP contribution < -0.4 is 0 Å². The van der Waals surface area contributed by atoms with E-state index in [1.807, 2.05) is 36.0 Å². The normalized spacial score (nSPS) is 11.8. The van der Waals surface area contributed by atoms with Crippen molar-refractivity contribution in [1.29, 1.82) is 0 Å². The minimum absolute atomic E-state index is 0.0846. The Morgan fingerprint density at radius 2 is 1.82 bits per heavy atom. The molecule has 90 valence electrons. The first-order valence-corrected chi connectivity index (χ1v) is 6.07. The SMILES string of the molecule is Cn1nc(-c2ccccc2Cl)cc1C(C)(C)C. The van der Waals surface area contributed by atoms with Crippen LogP contribution in [-0.4, -0.2) is 9.78 Å². The topological polar surface area (TPSA) is 17.8 Å². The number of hydrogen-bond donors (Lipinski definition) is 0. The maximum Gasteiger partial charge on any atom is 0.0941 e. The third-order valence-electron chi connectivity index (χ3n) is 2.80. The molecule has 0 atom stereocenters. The maximum atomic E-state index is 6.19. The van der Waals surface area contributed by atoms with Gasteiger partial charge in [-0.15, -0.1) is 0 Å². The number of benzene rings is 1. The molecule has 2 aromatic rings. The molecular weight excluding hydrogens is 232 g/mol. The van der Waals surface area contributed by atoms with E-state index in [-0.39, 0.29) is 5.41 Å². The van der Waals surface area contributed by atoms with Crippen LogP contribution in [0.3, 0.4) is 0 Å². The van der Waals surface area contributed by atoms with E-state index in [9.17, 15) is 0 Å². The van der Waals surface area contributed by atoms with E-state index in [1.165, 1.54) is 5.69 Å². The lowest BCUT2D eigenvalue weighted by molar-refractivity contribution is 0.523. The monoisotopic (exact) mass is 248 g/mol. The van der Waals surface area contributed by atoms with E-state index in [4.69, 9.17) is 11.6 Å². The van der Waals surface area contributed by atoms with Crippen LogP contribution in [0.2, 0.25) is 5.02 Å². The summed E-state index contributed by atoms with van der Waals surface area (Å²) in [7, 11) is 1.97. The molecule has 2 nitrogen and oxygen atoms in total. The number of nitrogens with zero attached hydrogens (tertiary/aromatic N) is 2. The second-order valence-corrected chi connectivity index (χ2v) is 5.68. The van der Waals surface area contributed by atoms with E-state index in [0.717, 1.165) is 16.3 Å².